The van der Waals surface area contributed by atoms with Crippen molar-refractivity contribution in [2.24, 2.45) is 5.73 Å². The molecule has 98 valence electrons. The predicted molar refractivity (Wildman–Crippen MR) is 84.0 cm³/mol. The quantitative estimate of drug-likeness (QED) is 0.867. The van der Waals surface area contributed by atoms with Gasteiger partial charge in [-0.1, -0.05) is 29.9 Å². The van der Waals surface area contributed by atoms with Crippen LogP contribution in [0.5, 0.6) is 0 Å². The summed E-state index contributed by atoms with van der Waals surface area (Å²) in [5.41, 5.74) is 8.74. The third-order valence-electron chi connectivity index (χ3n) is 2.97. The highest BCUT2D eigenvalue weighted by Gasteiger charge is 2.08. The molecule has 0 spiro atoms. The Morgan fingerprint density at radius 2 is 1.89 bits per heavy atom. The van der Waals surface area contributed by atoms with E-state index >= 15 is 0 Å². The maximum Gasteiger partial charge on any atom is 0.132 e. The highest BCUT2D eigenvalue weighted by Crippen LogP contribution is 2.23. The average Bonchev–Trinajstić information content (AvgIpc) is 2.42. The molecule has 2 aromatic rings. The number of benzene rings is 1. The molecule has 0 fully saturated rings. The van der Waals surface area contributed by atoms with Gasteiger partial charge in [-0.05, 0) is 38.1 Å². The molecule has 0 saturated heterocycles. The van der Waals surface area contributed by atoms with Gasteiger partial charge in [-0.3, -0.25) is 0 Å². The second-order valence-corrected chi connectivity index (χ2v) is 4.79. The summed E-state index contributed by atoms with van der Waals surface area (Å²) in [6, 6.07) is 12.2. The number of nitrogens with zero attached hydrogens (tertiary/aromatic N) is 2. The van der Waals surface area contributed by atoms with Crippen LogP contribution in [-0.2, 0) is 0 Å². The molecular weight excluding hydrogens is 254 g/mol. The van der Waals surface area contributed by atoms with Crippen LogP contribution in [-0.4, -0.2) is 16.5 Å². The Morgan fingerprint density at radius 3 is 2.37 bits per heavy atom. The fourth-order valence-electron chi connectivity index (χ4n) is 1.89. The van der Waals surface area contributed by atoms with E-state index in [0.717, 1.165) is 23.6 Å². The molecular formula is C15H17N3S. The van der Waals surface area contributed by atoms with E-state index in [4.69, 9.17) is 18.0 Å². The molecule has 2 N–H and O–H groups in total. The van der Waals surface area contributed by atoms with Crippen LogP contribution in [0.15, 0.2) is 42.6 Å². The Bertz CT molecular complexity index is 561. The highest BCUT2D eigenvalue weighted by atomic mass is 32.1. The number of hydrogen-bond donors (Lipinski definition) is 1. The second kappa shape index (κ2) is 5.80. The van der Waals surface area contributed by atoms with Crippen LogP contribution in [0.25, 0.3) is 0 Å². The first-order valence-corrected chi connectivity index (χ1v) is 6.62. The van der Waals surface area contributed by atoms with Crippen molar-refractivity contribution in [2.45, 2.75) is 13.8 Å². The topological polar surface area (TPSA) is 42.1 Å². The average molecular weight is 271 g/mol. The van der Waals surface area contributed by atoms with Crippen molar-refractivity contribution in [1.29, 1.82) is 0 Å². The number of anilines is 2. The van der Waals surface area contributed by atoms with E-state index in [9.17, 15) is 0 Å². The van der Waals surface area contributed by atoms with Gasteiger partial charge in [0.2, 0.25) is 0 Å². The number of nitrogens with two attached hydrogens (primary N) is 1. The lowest BCUT2D eigenvalue weighted by atomic mass is 10.2. The van der Waals surface area contributed by atoms with Crippen molar-refractivity contribution in [3.8, 4) is 0 Å². The van der Waals surface area contributed by atoms with Crippen molar-refractivity contribution in [3.63, 3.8) is 0 Å². The summed E-state index contributed by atoms with van der Waals surface area (Å²) >= 11 is 4.93. The second-order valence-electron chi connectivity index (χ2n) is 4.35. The number of thiocarbonyl (C=S) groups is 1. The summed E-state index contributed by atoms with van der Waals surface area (Å²) in [6.07, 6.45) is 1.72. The molecule has 0 unspecified atom stereocenters. The Labute approximate surface area is 119 Å². The third kappa shape index (κ3) is 3.09. The minimum absolute atomic E-state index is 0.373. The maximum absolute atomic E-state index is 5.58. The summed E-state index contributed by atoms with van der Waals surface area (Å²) in [6.45, 7) is 5.03. The van der Waals surface area contributed by atoms with E-state index in [-0.39, 0.29) is 0 Å². The van der Waals surface area contributed by atoms with Gasteiger partial charge in [0, 0.05) is 24.0 Å². The van der Waals surface area contributed by atoms with Gasteiger partial charge < -0.3 is 10.6 Å². The van der Waals surface area contributed by atoms with E-state index in [1.165, 1.54) is 5.56 Å². The molecule has 19 heavy (non-hydrogen) atoms. The van der Waals surface area contributed by atoms with E-state index in [2.05, 4.69) is 48.0 Å². The molecule has 0 aliphatic heterocycles. The molecule has 0 aliphatic carbocycles. The van der Waals surface area contributed by atoms with Crippen molar-refractivity contribution >= 4 is 28.7 Å². The molecule has 0 saturated carbocycles. The first-order chi connectivity index (χ1) is 9.11. The van der Waals surface area contributed by atoms with Crippen LogP contribution in [0.4, 0.5) is 11.5 Å². The maximum atomic E-state index is 5.58. The Balaban J connectivity index is 2.31. The lowest BCUT2D eigenvalue weighted by Crippen LogP contribution is -2.18. The standard InChI is InChI=1S/C15H17N3S/c1-3-18(13-7-4-11(2)5-8-13)14-9-6-12(10-17-14)15(16)19/h4-10H,3H2,1-2H3,(H2,16,19). The van der Waals surface area contributed by atoms with Crippen LogP contribution >= 0.6 is 12.2 Å². The Kier molecular flexibility index (Phi) is 4.12. The van der Waals surface area contributed by atoms with Crippen LogP contribution in [0.2, 0.25) is 0 Å². The minimum Gasteiger partial charge on any atom is -0.389 e. The number of rotatable bonds is 4. The van der Waals surface area contributed by atoms with Crippen molar-refractivity contribution in [1.82, 2.24) is 4.98 Å². The summed E-state index contributed by atoms with van der Waals surface area (Å²) < 4.78 is 0. The summed E-state index contributed by atoms with van der Waals surface area (Å²) in [4.78, 5) is 6.94. The van der Waals surface area contributed by atoms with Gasteiger partial charge in [-0.25, -0.2) is 4.98 Å². The van der Waals surface area contributed by atoms with E-state index in [1.807, 2.05) is 12.1 Å². The largest absolute Gasteiger partial charge is 0.389 e. The first kappa shape index (κ1) is 13.5. The minimum atomic E-state index is 0.373. The molecule has 3 nitrogen and oxygen atoms in total. The molecule has 0 radical (unpaired) electrons. The molecule has 0 amide bonds. The van der Waals surface area contributed by atoms with Gasteiger partial charge in [-0.15, -0.1) is 0 Å². The molecule has 0 aliphatic rings. The predicted octanol–water partition coefficient (Wildman–Crippen LogP) is 3.18. The monoisotopic (exact) mass is 271 g/mol. The Hall–Kier alpha value is -1.94. The zero-order valence-corrected chi connectivity index (χ0v) is 11.9. The lowest BCUT2D eigenvalue weighted by Gasteiger charge is -2.22. The van der Waals surface area contributed by atoms with Crippen LogP contribution in [0.1, 0.15) is 18.1 Å². The molecule has 0 atom stereocenters. The zero-order valence-electron chi connectivity index (χ0n) is 11.1. The number of aryl methyl sites for hydroxylation is 1. The molecule has 1 aromatic heterocycles. The van der Waals surface area contributed by atoms with Gasteiger partial charge in [0.25, 0.3) is 0 Å². The van der Waals surface area contributed by atoms with Crippen molar-refractivity contribution in [2.75, 3.05) is 11.4 Å². The summed E-state index contributed by atoms with van der Waals surface area (Å²) in [5.74, 6) is 0.895. The normalized spacial score (nSPS) is 10.2. The van der Waals surface area contributed by atoms with E-state index in [0.29, 0.717) is 4.99 Å². The highest BCUT2D eigenvalue weighted by molar-refractivity contribution is 7.80. The van der Waals surface area contributed by atoms with E-state index in [1.54, 1.807) is 6.20 Å². The molecule has 1 aromatic carbocycles. The van der Waals surface area contributed by atoms with Crippen LogP contribution in [0, 0.1) is 6.92 Å². The van der Waals surface area contributed by atoms with Crippen molar-refractivity contribution in [3.05, 3.63) is 53.7 Å². The van der Waals surface area contributed by atoms with Crippen molar-refractivity contribution < 1.29 is 0 Å². The number of pyridine rings is 1. The number of hydrogen-bond acceptors (Lipinski definition) is 3. The van der Waals surface area contributed by atoms with Crippen LogP contribution in [0.3, 0.4) is 0 Å². The van der Waals surface area contributed by atoms with Gasteiger partial charge in [0.15, 0.2) is 0 Å². The molecule has 2 rings (SSSR count). The van der Waals surface area contributed by atoms with Gasteiger partial charge in [-0.2, -0.15) is 0 Å². The van der Waals surface area contributed by atoms with Crippen LogP contribution < -0.4 is 10.6 Å². The van der Waals surface area contributed by atoms with Gasteiger partial charge >= 0.3 is 0 Å². The fourth-order valence-corrected chi connectivity index (χ4v) is 2.01. The Morgan fingerprint density at radius 1 is 1.21 bits per heavy atom. The summed E-state index contributed by atoms with van der Waals surface area (Å²) in [7, 11) is 0. The molecule has 4 heteroatoms. The number of aromatic nitrogens is 1. The summed E-state index contributed by atoms with van der Waals surface area (Å²) in [5, 5.41) is 0. The SMILES string of the molecule is CCN(c1ccc(C)cc1)c1ccc(C(N)=S)cn1. The first-order valence-electron chi connectivity index (χ1n) is 6.22. The lowest BCUT2D eigenvalue weighted by molar-refractivity contribution is 0.988. The smallest absolute Gasteiger partial charge is 0.132 e. The van der Waals surface area contributed by atoms with Gasteiger partial charge in [0.1, 0.15) is 10.8 Å². The molecule has 0 bridgehead atoms. The molecule has 1 heterocycles. The van der Waals surface area contributed by atoms with Gasteiger partial charge in [0.05, 0.1) is 0 Å². The fraction of sp³-hybridized carbons (Fsp3) is 0.200. The van der Waals surface area contributed by atoms with E-state index < -0.39 is 0 Å². The third-order valence-corrected chi connectivity index (χ3v) is 3.21. The zero-order chi connectivity index (χ0) is 13.8.